The van der Waals surface area contributed by atoms with Gasteiger partial charge in [-0.3, -0.25) is 9.59 Å². The number of anilines is 2. The van der Waals surface area contributed by atoms with Gasteiger partial charge in [0.05, 0.1) is 38.2 Å². The summed E-state index contributed by atoms with van der Waals surface area (Å²) in [6.45, 7) is 4.77. The van der Waals surface area contributed by atoms with Crippen LogP contribution in [0.5, 0.6) is 11.5 Å². The zero-order valence-corrected chi connectivity index (χ0v) is 25.1. The van der Waals surface area contributed by atoms with E-state index >= 15 is 0 Å². The van der Waals surface area contributed by atoms with Crippen LogP contribution in [0.1, 0.15) is 43.9 Å². The lowest BCUT2D eigenvalue weighted by atomic mass is 9.73. The average molecular weight is 579 g/mol. The van der Waals surface area contributed by atoms with E-state index in [4.69, 9.17) is 9.47 Å². The second kappa shape index (κ2) is 11.5. The maximum Gasteiger partial charge on any atom is 0.239 e. The Morgan fingerprint density at radius 3 is 2.63 bits per heavy atom. The first-order chi connectivity index (χ1) is 20.8. The third-order valence-electron chi connectivity index (χ3n) is 8.44. The van der Waals surface area contributed by atoms with E-state index in [2.05, 4.69) is 35.5 Å². The van der Waals surface area contributed by atoms with Crippen molar-refractivity contribution in [1.29, 1.82) is 0 Å². The molecule has 1 aliphatic heterocycles. The lowest BCUT2D eigenvalue weighted by molar-refractivity contribution is -0.120. The molecule has 3 aromatic carbocycles. The van der Waals surface area contributed by atoms with E-state index in [1.54, 1.807) is 14.2 Å². The molecular formula is C35H38N4O4. The molecule has 0 spiro atoms. The monoisotopic (exact) mass is 578 g/mol. The lowest BCUT2D eigenvalue weighted by Crippen LogP contribution is -2.42. The Morgan fingerprint density at radius 1 is 1.02 bits per heavy atom. The van der Waals surface area contributed by atoms with E-state index in [-0.39, 0.29) is 23.7 Å². The maximum atomic E-state index is 14.0. The number of Topliss-reactive ketones (excluding diaryl/α,β-unsaturated/α-hetero) is 1. The summed E-state index contributed by atoms with van der Waals surface area (Å²) in [5, 5.41) is 7.90. The zero-order chi connectivity index (χ0) is 30.1. The summed E-state index contributed by atoms with van der Waals surface area (Å²) in [6, 6.07) is 21.1. The van der Waals surface area contributed by atoms with E-state index in [0.29, 0.717) is 42.9 Å². The van der Waals surface area contributed by atoms with Crippen molar-refractivity contribution in [2.45, 2.75) is 39.2 Å². The molecule has 6 rings (SSSR count). The first-order valence-electron chi connectivity index (χ1n) is 14.7. The first-order valence-corrected chi connectivity index (χ1v) is 14.7. The molecule has 222 valence electrons. The molecule has 3 N–H and O–H groups in total. The summed E-state index contributed by atoms with van der Waals surface area (Å²) in [5.41, 5.74) is 6.05. The second-order valence-corrected chi connectivity index (χ2v) is 12.1. The van der Waals surface area contributed by atoms with E-state index in [0.717, 1.165) is 39.1 Å². The van der Waals surface area contributed by atoms with Gasteiger partial charge in [-0.2, -0.15) is 0 Å². The molecule has 0 radical (unpaired) electrons. The van der Waals surface area contributed by atoms with Crippen molar-refractivity contribution in [2.24, 2.45) is 5.41 Å². The number of nitrogens with zero attached hydrogens (tertiary/aromatic N) is 1. The number of allylic oxidation sites excluding steroid dienone is 1. The number of para-hydroxylation sites is 3. The van der Waals surface area contributed by atoms with Gasteiger partial charge in [-0.15, -0.1) is 0 Å². The van der Waals surface area contributed by atoms with Gasteiger partial charge in [0.2, 0.25) is 5.91 Å². The molecular weight excluding hydrogens is 540 g/mol. The number of carbonyl (C=O) groups excluding carboxylic acids is 2. The molecule has 43 heavy (non-hydrogen) atoms. The summed E-state index contributed by atoms with van der Waals surface area (Å²) < 4.78 is 11.4. The van der Waals surface area contributed by atoms with Crippen molar-refractivity contribution in [1.82, 2.24) is 10.3 Å². The van der Waals surface area contributed by atoms with Gasteiger partial charge in [0.15, 0.2) is 5.78 Å². The van der Waals surface area contributed by atoms with Crippen LogP contribution in [0.3, 0.4) is 0 Å². The molecule has 8 nitrogen and oxygen atoms in total. The van der Waals surface area contributed by atoms with Crippen LogP contribution in [0.2, 0.25) is 0 Å². The van der Waals surface area contributed by atoms with Crippen LogP contribution in [0, 0.1) is 5.41 Å². The third kappa shape index (κ3) is 5.57. The van der Waals surface area contributed by atoms with Crippen LogP contribution < -0.4 is 25.0 Å². The number of benzene rings is 3. The SMILES string of the molecule is COc1ccc(OC)c(C2C3=C(CC(C)(C)CC3=O)Nc3ccccc3N2CC(=O)NCCc2c[nH]c3ccccc23)c1. The number of methoxy groups -OCH3 is 2. The minimum absolute atomic E-state index is 0.0467. The maximum absolute atomic E-state index is 14.0. The molecule has 1 aliphatic carbocycles. The molecule has 1 atom stereocenters. The Labute approximate surface area is 252 Å². The summed E-state index contributed by atoms with van der Waals surface area (Å²) in [6.07, 6.45) is 3.82. The fraction of sp³-hybridized carbons (Fsp3) is 0.314. The van der Waals surface area contributed by atoms with Gasteiger partial charge in [-0.25, -0.2) is 0 Å². The predicted octanol–water partition coefficient (Wildman–Crippen LogP) is 6.16. The molecule has 0 fully saturated rings. The molecule has 1 unspecified atom stereocenters. The number of amides is 1. The van der Waals surface area contributed by atoms with Crippen LogP contribution in [0.25, 0.3) is 10.9 Å². The standard InChI is InChI=1S/C35H38N4O4/c1-35(2)18-28-33(30(40)19-35)34(25-17-23(42-3)13-14-31(25)43-4)39(29-12-8-7-11-27(29)38-28)21-32(41)36-16-15-22-20-37-26-10-6-5-9-24(22)26/h5-14,17,20,34,37-38H,15-16,18-19,21H2,1-4H3,(H,36,41). The van der Waals surface area contributed by atoms with Gasteiger partial charge in [0.1, 0.15) is 11.5 Å². The highest BCUT2D eigenvalue weighted by Gasteiger charge is 2.43. The van der Waals surface area contributed by atoms with Crippen molar-refractivity contribution in [3.63, 3.8) is 0 Å². The number of hydrogen-bond acceptors (Lipinski definition) is 6. The Hall–Kier alpha value is -4.72. The first kappa shape index (κ1) is 28.4. The summed E-state index contributed by atoms with van der Waals surface area (Å²) >= 11 is 0. The highest BCUT2D eigenvalue weighted by atomic mass is 16.5. The molecule has 4 aromatic rings. The Bertz CT molecular complexity index is 1720. The number of hydrogen-bond donors (Lipinski definition) is 3. The number of aromatic nitrogens is 1. The third-order valence-corrected chi connectivity index (χ3v) is 8.44. The number of ketones is 1. The number of carbonyl (C=O) groups is 2. The second-order valence-electron chi connectivity index (χ2n) is 12.1. The molecule has 0 saturated heterocycles. The van der Waals surface area contributed by atoms with Gasteiger partial charge < -0.3 is 30.0 Å². The highest BCUT2D eigenvalue weighted by Crippen LogP contribution is 2.50. The molecule has 2 heterocycles. The fourth-order valence-corrected chi connectivity index (χ4v) is 6.49. The van der Waals surface area contributed by atoms with Crippen molar-refractivity contribution < 1.29 is 19.1 Å². The minimum Gasteiger partial charge on any atom is -0.497 e. The predicted molar refractivity (Wildman–Crippen MR) is 170 cm³/mol. The quantitative estimate of drug-likeness (QED) is 0.232. The number of aromatic amines is 1. The lowest BCUT2D eigenvalue weighted by Gasteiger charge is -2.38. The number of nitrogens with one attached hydrogen (secondary N) is 3. The average Bonchev–Trinajstić information content (AvgIpc) is 3.34. The molecule has 2 aliphatic rings. The molecule has 1 aromatic heterocycles. The van der Waals surface area contributed by atoms with Gasteiger partial charge in [-0.05, 0) is 60.2 Å². The van der Waals surface area contributed by atoms with E-state index in [9.17, 15) is 9.59 Å². The van der Waals surface area contributed by atoms with Crippen LogP contribution in [0.4, 0.5) is 11.4 Å². The summed E-state index contributed by atoms with van der Waals surface area (Å²) in [5.74, 6) is 1.20. The largest absolute Gasteiger partial charge is 0.497 e. The minimum atomic E-state index is -0.570. The van der Waals surface area contributed by atoms with Crippen LogP contribution in [0.15, 0.2) is 84.2 Å². The van der Waals surface area contributed by atoms with Crippen molar-refractivity contribution >= 4 is 34.0 Å². The van der Waals surface area contributed by atoms with Crippen molar-refractivity contribution in [3.8, 4) is 11.5 Å². The van der Waals surface area contributed by atoms with Gasteiger partial charge in [-0.1, -0.05) is 44.2 Å². The smallest absolute Gasteiger partial charge is 0.239 e. The Morgan fingerprint density at radius 2 is 1.81 bits per heavy atom. The summed E-state index contributed by atoms with van der Waals surface area (Å²) in [4.78, 5) is 33.0. The van der Waals surface area contributed by atoms with Crippen LogP contribution >= 0.6 is 0 Å². The Kier molecular flexibility index (Phi) is 7.61. The zero-order valence-electron chi connectivity index (χ0n) is 25.1. The van der Waals surface area contributed by atoms with E-state index in [1.165, 1.54) is 0 Å². The van der Waals surface area contributed by atoms with Crippen molar-refractivity contribution in [2.75, 3.05) is 37.5 Å². The van der Waals surface area contributed by atoms with Gasteiger partial charge in [0, 0.05) is 46.9 Å². The summed E-state index contributed by atoms with van der Waals surface area (Å²) in [7, 11) is 3.24. The number of H-pyrrole nitrogens is 1. The fourth-order valence-electron chi connectivity index (χ4n) is 6.49. The molecule has 8 heteroatoms. The van der Waals surface area contributed by atoms with E-state index in [1.807, 2.05) is 71.8 Å². The molecule has 0 bridgehead atoms. The van der Waals surface area contributed by atoms with Gasteiger partial charge >= 0.3 is 0 Å². The van der Waals surface area contributed by atoms with Crippen LogP contribution in [-0.2, 0) is 16.0 Å². The van der Waals surface area contributed by atoms with Gasteiger partial charge in [0.25, 0.3) is 0 Å². The number of rotatable bonds is 8. The topological polar surface area (TPSA) is 95.7 Å². The highest BCUT2D eigenvalue weighted by molar-refractivity contribution is 6.02. The normalized spacial score (nSPS) is 17.5. The van der Waals surface area contributed by atoms with Crippen molar-refractivity contribution in [3.05, 3.63) is 95.3 Å². The number of fused-ring (bicyclic) bond motifs is 2. The Balaban J connectivity index is 1.38. The van der Waals surface area contributed by atoms with E-state index < -0.39 is 6.04 Å². The number of ether oxygens (including phenoxy) is 2. The molecule has 0 saturated carbocycles. The van der Waals surface area contributed by atoms with Crippen LogP contribution in [-0.4, -0.2) is 44.0 Å². The molecule has 1 amide bonds.